The van der Waals surface area contributed by atoms with Gasteiger partial charge < -0.3 is 5.73 Å². The fraction of sp³-hybridized carbons (Fsp3) is 0.500. The van der Waals surface area contributed by atoms with Crippen LogP contribution in [0.25, 0.3) is 0 Å². The molecule has 1 aliphatic rings. The van der Waals surface area contributed by atoms with E-state index in [0.717, 1.165) is 12.3 Å². The summed E-state index contributed by atoms with van der Waals surface area (Å²) in [5, 5.41) is 0. The van der Waals surface area contributed by atoms with E-state index >= 15 is 0 Å². The normalized spacial score (nSPS) is 16.1. The lowest BCUT2D eigenvalue weighted by Crippen LogP contribution is -2.26. The first-order valence-electron chi connectivity index (χ1n) is 5.91. The van der Waals surface area contributed by atoms with E-state index in [0.29, 0.717) is 17.0 Å². The minimum absolute atomic E-state index is 0.236. The van der Waals surface area contributed by atoms with Gasteiger partial charge in [0.2, 0.25) is 10.0 Å². The molecule has 0 unspecified atom stereocenters. The molecule has 1 saturated carbocycles. The van der Waals surface area contributed by atoms with Gasteiger partial charge in [-0.3, -0.25) is 0 Å². The molecule has 94 valence electrons. The van der Waals surface area contributed by atoms with Crippen LogP contribution in [-0.2, 0) is 16.6 Å². The summed E-state index contributed by atoms with van der Waals surface area (Å²) in [7, 11) is -3.40. The standard InChI is InChI=1S/C12H18N2O2S/c13-9-11-3-1-2-4-12(11)17(15,16)14-8-7-10-5-6-10/h1-4,10,14H,5-9,13H2. The molecule has 0 saturated heterocycles. The van der Waals surface area contributed by atoms with Crippen molar-refractivity contribution in [2.45, 2.75) is 30.7 Å². The molecule has 3 N–H and O–H groups in total. The summed E-state index contributed by atoms with van der Waals surface area (Å²) >= 11 is 0. The average Bonchev–Trinajstić information content (AvgIpc) is 3.13. The van der Waals surface area contributed by atoms with Crippen molar-refractivity contribution < 1.29 is 8.42 Å². The Morgan fingerprint density at radius 2 is 2.00 bits per heavy atom. The number of sulfonamides is 1. The van der Waals surface area contributed by atoms with E-state index in [2.05, 4.69) is 4.72 Å². The van der Waals surface area contributed by atoms with Crippen molar-refractivity contribution in [1.29, 1.82) is 0 Å². The summed E-state index contributed by atoms with van der Waals surface area (Å²) in [6.45, 7) is 0.756. The quantitative estimate of drug-likeness (QED) is 0.802. The van der Waals surface area contributed by atoms with Gasteiger partial charge in [0.15, 0.2) is 0 Å². The van der Waals surface area contributed by atoms with Gasteiger partial charge in [-0.2, -0.15) is 0 Å². The number of nitrogens with two attached hydrogens (primary N) is 1. The van der Waals surface area contributed by atoms with E-state index in [-0.39, 0.29) is 6.54 Å². The van der Waals surface area contributed by atoms with Crippen LogP contribution >= 0.6 is 0 Å². The fourth-order valence-electron chi connectivity index (χ4n) is 1.82. The molecule has 0 heterocycles. The van der Waals surface area contributed by atoms with Gasteiger partial charge in [0.05, 0.1) is 4.90 Å². The highest BCUT2D eigenvalue weighted by molar-refractivity contribution is 7.89. The lowest BCUT2D eigenvalue weighted by molar-refractivity contribution is 0.574. The van der Waals surface area contributed by atoms with Crippen molar-refractivity contribution in [1.82, 2.24) is 4.72 Å². The summed E-state index contributed by atoms with van der Waals surface area (Å²) in [6, 6.07) is 6.86. The van der Waals surface area contributed by atoms with Crippen LogP contribution in [0.4, 0.5) is 0 Å². The number of hydrogen-bond acceptors (Lipinski definition) is 3. The van der Waals surface area contributed by atoms with Crippen LogP contribution in [0, 0.1) is 5.92 Å². The summed E-state index contributed by atoms with van der Waals surface area (Å²) in [4.78, 5) is 0.304. The maximum absolute atomic E-state index is 12.0. The van der Waals surface area contributed by atoms with Crippen LogP contribution in [0.3, 0.4) is 0 Å². The molecular formula is C12H18N2O2S. The third kappa shape index (κ3) is 3.28. The van der Waals surface area contributed by atoms with Crippen LogP contribution < -0.4 is 10.5 Å². The fourth-order valence-corrected chi connectivity index (χ4v) is 3.11. The highest BCUT2D eigenvalue weighted by atomic mass is 32.2. The molecule has 17 heavy (non-hydrogen) atoms. The monoisotopic (exact) mass is 254 g/mol. The third-order valence-electron chi connectivity index (χ3n) is 3.02. The zero-order chi connectivity index (χ0) is 12.3. The van der Waals surface area contributed by atoms with E-state index in [1.165, 1.54) is 12.8 Å². The number of nitrogens with one attached hydrogen (secondary N) is 1. The molecule has 0 aliphatic heterocycles. The smallest absolute Gasteiger partial charge is 0.240 e. The maximum atomic E-state index is 12.0. The Morgan fingerprint density at radius 1 is 1.29 bits per heavy atom. The Kier molecular flexibility index (Phi) is 3.81. The Bertz CT molecular complexity index is 481. The molecule has 0 spiro atoms. The summed E-state index contributed by atoms with van der Waals surface area (Å²) in [6.07, 6.45) is 3.41. The van der Waals surface area contributed by atoms with Crippen molar-refractivity contribution >= 4 is 10.0 Å². The molecule has 0 bridgehead atoms. The third-order valence-corrected chi connectivity index (χ3v) is 4.59. The summed E-state index contributed by atoms with van der Waals surface area (Å²) in [5.74, 6) is 0.724. The van der Waals surface area contributed by atoms with Gasteiger partial charge in [-0.25, -0.2) is 13.1 Å². The lowest BCUT2D eigenvalue weighted by atomic mass is 10.2. The molecule has 1 aromatic rings. The molecule has 0 aromatic heterocycles. The molecule has 5 heteroatoms. The van der Waals surface area contributed by atoms with Gasteiger partial charge in [0.25, 0.3) is 0 Å². The van der Waals surface area contributed by atoms with Crippen molar-refractivity contribution in [3.8, 4) is 0 Å². The summed E-state index contributed by atoms with van der Waals surface area (Å²) in [5.41, 5.74) is 6.20. The highest BCUT2D eigenvalue weighted by Crippen LogP contribution is 2.31. The Hall–Kier alpha value is -0.910. The molecule has 0 atom stereocenters. The maximum Gasteiger partial charge on any atom is 0.240 e. The van der Waals surface area contributed by atoms with Crippen molar-refractivity contribution in [3.05, 3.63) is 29.8 Å². The van der Waals surface area contributed by atoms with Gasteiger partial charge in [0, 0.05) is 13.1 Å². The minimum atomic E-state index is -3.40. The van der Waals surface area contributed by atoms with Crippen molar-refractivity contribution in [3.63, 3.8) is 0 Å². The number of hydrogen-bond donors (Lipinski definition) is 2. The SMILES string of the molecule is NCc1ccccc1S(=O)(=O)NCCC1CC1. The molecule has 0 radical (unpaired) electrons. The Labute approximate surface area is 102 Å². The molecule has 1 fully saturated rings. The molecule has 0 amide bonds. The second-order valence-electron chi connectivity index (χ2n) is 4.44. The van der Waals surface area contributed by atoms with Gasteiger partial charge in [0.1, 0.15) is 0 Å². The van der Waals surface area contributed by atoms with Gasteiger partial charge in [-0.15, -0.1) is 0 Å². The second kappa shape index (κ2) is 5.16. The lowest BCUT2D eigenvalue weighted by Gasteiger charge is -2.09. The van der Waals surface area contributed by atoms with Crippen molar-refractivity contribution in [2.75, 3.05) is 6.54 Å². The summed E-state index contributed by atoms with van der Waals surface area (Å²) < 4.78 is 26.7. The first kappa shape index (κ1) is 12.5. The second-order valence-corrected chi connectivity index (χ2v) is 6.18. The average molecular weight is 254 g/mol. The van der Waals surface area contributed by atoms with Gasteiger partial charge in [-0.05, 0) is 24.0 Å². The highest BCUT2D eigenvalue weighted by Gasteiger charge is 2.22. The number of benzene rings is 1. The molecule has 1 aliphatic carbocycles. The Morgan fingerprint density at radius 3 is 2.65 bits per heavy atom. The van der Waals surface area contributed by atoms with E-state index in [9.17, 15) is 8.42 Å². The van der Waals surface area contributed by atoms with E-state index in [1.807, 2.05) is 0 Å². The Balaban J connectivity index is 2.06. The van der Waals surface area contributed by atoms with Crippen molar-refractivity contribution in [2.24, 2.45) is 11.7 Å². The van der Waals surface area contributed by atoms with Crippen LogP contribution in [0.5, 0.6) is 0 Å². The van der Waals surface area contributed by atoms with Crippen LogP contribution in [0.15, 0.2) is 29.2 Å². The topological polar surface area (TPSA) is 72.2 Å². The molecule has 2 rings (SSSR count). The van der Waals surface area contributed by atoms with Crippen LogP contribution in [0.1, 0.15) is 24.8 Å². The van der Waals surface area contributed by atoms with E-state index in [1.54, 1.807) is 24.3 Å². The van der Waals surface area contributed by atoms with Gasteiger partial charge in [-0.1, -0.05) is 31.0 Å². The molecule has 1 aromatic carbocycles. The van der Waals surface area contributed by atoms with Crippen LogP contribution in [0.2, 0.25) is 0 Å². The predicted octanol–water partition coefficient (Wildman–Crippen LogP) is 1.22. The molecule has 4 nitrogen and oxygen atoms in total. The van der Waals surface area contributed by atoms with E-state index < -0.39 is 10.0 Å². The zero-order valence-corrected chi connectivity index (χ0v) is 10.5. The molecular weight excluding hydrogens is 236 g/mol. The largest absolute Gasteiger partial charge is 0.326 e. The first-order valence-corrected chi connectivity index (χ1v) is 7.39. The minimum Gasteiger partial charge on any atom is -0.326 e. The van der Waals surface area contributed by atoms with Gasteiger partial charge >= 0.3 is 0 Å². The number of rotatable bonds is 6. The first-order chi connectivity index (χ1) is 8.13. The zero-order valence-electron chi connectivity index (χ0n) is 9.72. The van der Waals surface area contributed by atoms with E-state index in [4.69, 9.17) is 5.73 Å². The van der Waals surface area contributed by atoms with Crippen LogP contribution in [-0.4, -0.2) is 15.0 Å². The predicted molar refractivity (Wildman–Crippen MR) is 66.9 cm³/mol.